The molecule has 0 radical (unpaired) electrons. The van der Waals surface area contributed by atoms with E-state index in [1.54, 1.807) is 18.2 Å². The van der Waals surface area contributed by atoms with Crippen molar-refractivity contribution < 1.29 is 13.5 Å². The first-order valence-electron chi connectivity index (χ1n) is 4.94. The summed E-state index contributed by atoms with van der Waals surface area (Å²) in [4.78, 5) is 0. The van der Waals surface area contributed by atoms with Gasteiger partial charge in [-0.1, -0.05) is 17.7 Å². The molecule has 16 heavy (non-hydrogen) atoms. The first kappa shape index (κ1) is 13.2. The summed E-state index contributed by atoms with van der Waals surface area (Å²) >= 11 is 5.97. The van der Waals surface area contributed by atoms with Crippen molar-refractivity contribution in [1.29, 1.82) is 0 Å². The fourth-order valence-electron chi connectivity index (χ4n) is 1.35. The number of hydrogen-bond acceptors (Lipinski definition) is 2. The van der Waals surface area contributed by atoms with Crippen LogP contribution in [0.3, 0.4) is 0 Å². The molecule has 0 spiro atoms. The number of hydrogen-bond donors (Lipinski definition) is 1. The van der Waals surface area contributed by atoms with Gasteiger partial charge in [-0.3, -0.25) is 0 Å². The van der Waals surface area contributed by atoms with E-state index in [0.29, 0.717) is 22.8 Å². The van der Waals surface area contributed by atoms with Crippen LogP contribution < -0.4 is 10.5 Å². The molecule has 0 saturated carbocycles. The normalized spacial score (nSPS) is 12.9. The average molecular weight is 250 g/mol. The molecule has 0 heterocycles. The minimum atomic E-state index is -2.50. The zero-order valence-corrected chi connectivity index (χ0v) is 9.68. The zero-order valence-electron chi connectivity index (χ0n) is 8.92. The first-order chi connectivity index (χ1) is 7.50. The van der Waals surface area contributed by atoms with Crippen molar-refractivity contribution >= 4 is 11.6 Å². The number of benzene rings is 1. The van der Waals surface area contributed by atoms with Crippen LogP contribution >= 0.6 is 11.6 Å². The first-order valence-corrected chi connectivity index (χ1v) is 5.32. The highest BCUT2D eigenvalue weighted by Gasteiger charge is 2.12. The fraction of sp³-hybridized carbons (Fsp3) is 0.455. The number of halogens is 3. The molecule has 0 aliphatic rings. The van der Waals surface area contributed by atoms with Crippen molar-refractivity contribution in [1.82, 2.24) is 0 Å². The summed E-state index contributed by atoms with van der Waals surface area (Å²) in [6.45, 7) is 1.19. The van der Waals surface area contributed by atoms with Crippen molar-refractivity contribution in [3.05, 3.63) is 28.8 Å². The maximum absolute atomic E-state index is 12.0. The van der Waals surface area contributed by atoms with Crippen LogP contribution in [-0.4, -0.2) is 19.1 Å². The van der Waals surface area contributed by atoms with Gasteiger partial charge in [0.05, 0.1) is 0 Å². The third-order valence-electron chi connectivity index (χ3n) is 1.97. The van der Waals surface area contributed by atoms with Gasteiger partial charge >= 0.3 is 0 Å². The van der Waals surface area contributed by atoms with Gasteiger partial charge in [-0.15, -0.1) is 0 Å². The monoisotopic (exact) mass is 249 g/mol. The molecule has 0 bridgehead atoms. The van der Waals surface area contributed by atoms with Crippen LogP contribution in [0.4, 0.5) is 8.78 Å². The van der Waals surface area contributed by atoms with Crippen LogP contribution in [0.15, 0.2) is 18.2 Å². The fourth-order valence-corrected chi connectivity index (χ4v) is 1.59. The van der Waals surface area contributed by atoms with Gasteiger partial charge in [0, 0.05) is 16.6 Å². The summed E-state index contributed by atoms with van der Waals surface area (Å²) < 4.78 is 29.1. The Hall–Kier alpha value is -0.870. The van der Waals surface area contributed by atoms with E-state index in [9.17, 15) is 8.78 Å². The van der Waals surface area contributed by atoms with Gasteiger partial charge in [0.1, 0.15) is 12.4 Å². The summed E-state index contributed by atoms with van der Waals surface area (Å²) in [6, 6.07) is 4.86. The average Bonchev–Trinajstić information content (AvgIpc) is 2.18. The van der Waals surface area contributed by atoms with E-state index in [4.69, 9.17) is 22.1 Å². The number of rotatable bonds is 5. The highest BCUT2D eigenvalue weighted by atomic mass is 35.5. The number of alkyl halides is 2. The second-order valence-electron chi connectivity index (χ2n) is 3.60. The van der Waals surface area contributed by atoms with Gasteiger partial charge < -0.3 is 10.5 Å². The summed E-state index contributed by atoms with van der Waals surface area (Å²) in [5.41, 5.74) is 6.34. The summed E-state index contributed by atoms with van der Waals surface area (Å²) in [5, 5.41) is 0.490. The molecular formula is C11H14ClF2NO. The Morgan fingerprint density at radius 3 is 2.69 bits per heavy atom. The lowest BCUT2D eigenvalue weighted by Gasteiger charge is -2.14. The molecule has 1 atom stereocenters. The van der Waals surface area contributed by atoms with E-state index < -0.39 is 13.0 Å². The quantitative estimate of drug-likeness (QED) is 0.871. The van der Waals surface area contributed by atoms with Crippen LogP contribution in [-0.2, 0) is 6.42 Å². The van der Waals surface area contributed by atoms with Crippen LogP contribution in [0.1, 0.15) is 12.5 Å². The van der Waals surface area contributed by atoms with E-state index in [1.165, 1.54) is 0 Å². The van der Waals surface area contributed by atoms with E-state index in [-0.39, 0.29) is 6.04 Å². The molecule has 0 amide bonds. The summed E-state index contributed by atoms with van der Waals surface area (Å²) in [6.07, 6.45) is -2.00. The van der Waals surface area contributed by atoms with Crippen LogP contribution in [0.2, 0.25) is 5.02 Å². The molecule has 0 aromatic heterocycles. The highest BCUT2D eigenvalue weighted by Crippen LogP contribution is 2.27. The lowest BCUT2D eigenvalue weighted by atomic mass is 10.1. The van der Waals surface area contributed by atoms with Crippen molar-refractivity contribution in [2.45, 2.75) is 25.8 Å². The molecule has 1 unspecified atom stereocenters. The molecule has 2 N–H and O–H groups in total. The Labute approximate surface area is 98.3 Å². The maximum Gasteiger partial charge on any atom is 0.272 e. The molecule has 0 saturated heterocycles. The van der Waals surface area contributed by atoms with Gasteiger partial charge in [0.2, 0.25) is 0 Å². The predicted octanol–water partition coefficient (Wildman–Crippen LogP) is 2.87. The van der Waals surface area contributed by atoms with Gasteiger partial charge in [-0.25, -0.2) is 8.78 Å². The standard InChI is InChI=1S/C11H14ClF2NO/c1-7(15)5-8-9(12)3-2-4-10(8)16-6-11(13)14/h2-4,7,11H,5-6,15H2,1H3. The van der Waals surface area contributed by atoms with Crippen LogP contribution in [0, 0.1) is 0 Å². The second-order valence-corrected chi connectivity index (χ2v) is 4.01. The van der Waals surface area contributed by atoms with Gasteiger partial charge in [-0.05, 0) is 25.5 Å². The van der Waals surface area contributed by atoms with Crippen molar-refractivity contribution in [2.75, 3.05) is 6.61 Å². The second kappa shape index (κ2) is 6.01. The van der Waals surface area contributed by atoms with E-state index >= 15 is 0 Å². The molecule has 1 rings (SSSR count). The van der Waals surface area contributed by atoms with Crippen LogP contribution in [0.5, 0.6) is 5.75 Å². The Balaban J connectivity index is 2.85. The maximum atomic E-state index is 12.0. The number of nitrogens with two attached hydrogens (primary N) is 1. The van der Waals surface area contributed by atoms with E-state index in [1.807, 2.05) is 6.92 Å². The zero-order chi connectivity index (χ0) is 12.1. The van der Waals surface area contributed by atoms with Crippen molar-refractivity contribution in [3.63, 3.8) is 0 Å². The van der Waals surface area contributed by atoms with E-state index in [2.05, 4.69) is 0 Å². The SMILES string of the molecule is CC(N)Cc1c(Cl)cccc1OCC(F)F. The third kappa shape index (κ3) is 3.94. The Morgan fingerprint density at radius 1 is 1.44 bits per heavy atom. The molecule has 1 aromatic carbocycles. The Bertz CT molecular complexity index is 345. The predicted molar refractivity (Wildman–Crippen MR) is 60.3 cm³/mol. The Kier molecular flexibility index (Phi) is 4.96. The minimum Gasteiger partial charge on any atom is -0.487 e. The van der Waals surface area contributed by atoms with Gasteiger partial charge in [0.15, 0.2) is 0 Å². The minimum absolute atomic E-state index is 0.103. The van der Waals surface area contributed by atoms with E-state index in [0.717, 1.165) is 0 Å². The Morgan fingerprint density at radius 2 is 2.12 bits per heavy atom. The highest BCUT2D eigenvalue weighted by molar-refractivity contribution is 6.31. The molecular weight excluding hydrogens is 236 g/mol. The van der Waals surface area contributed by atoms with Crippen molar-refractivity contribution in [2.24, 2.45) is 5.73 Å². The molecule has 2 nitrogen and oxygen atoms in total. The molecule has 5 heteroatoms. The lowest BCUT2D eigenvalue weighted by molar-refractivity contribution is 0.0814. The molecule has 1 aromatic rings. The lowest BCUT2D eigenvalue weighted by Crippen LogP contribution is -2.19. The molecule has 0 aliphatic heterocycles. The molecule has 0 fully saturated rings. The summed E-state index contributed by atoms with van der Waals surface area (Å²) in [7, 11) is 0. The molecule has 0 aliphatic carbocycles. The van der Waals surface area contributed by atoms with Gasteiger partial charge in [0.25, 0.3) is 6.43 Å². The smallest absolute Gasteiger partial charge is 0.272 e. The summed E-state index contributed by atoms with van der Waals surface area (Å²) in [5.74, 6) is 0.380. The molecule has 90 valence electrons. The van der Waals surface area contributed by atoms with Crippen molar-refractivity contribution in [3.8, 4) is 5.75 Å². The van der Waals surface area contributed by atoms with Gasteiger partial charge in [-0.2, -0.15) is 0 Å². The topological polar surface area (TPSA) is 35.2 Å². The largest absolute Gasteiger partial charge is 0.487 e. The third-order valence-corrected chi connectivity index (χ3v) is 2.32. The number of ether oxygens (including phenoxy) is 1. The van der Waals surface area contributed by atoms with Crippen LogP contribution in [0.25, 0.3) is 0 Å².